The number of hydrogen-bond acceptors (Lipinski definition) is 3. The number of benzene rings is 2. The highest BCUT2D eigenvalue weighted by atomic mass is 35.5. The Hall–Kier alpha value is -1.98. The third kappa shape index (κ3) is 4.00. The lowest BCUT2D eigenvalue weighted by Crippen LogP contribution is -2.13. The average molecular weight is 328 g/mol. The van der Waals surface area contributed by atoms with Crippen LogP contribution in [0.15, 0.2) is 41.6 Å². The first-order valence-corrected chi connectivity index (χ1v) is 6.71. The Morgan fingerprint density at radius 2 is 2.00 bits per heavy atom. The van der Waals surface area contributed by atoms with Crippen LogP contribution in [0.3, 0.4) is 0 Å². The maximum atomic E-state index is 13.2. The van der Waals surface area contributed by atoms with Crippen LogP contribution in [0.4, 0.5) is 10.1 Å². The number of amidine groups is 1. The monoisotopic (exact) mass is 327 g/mol. The zero-order chi connectivity index (χ0) is 15.4. The van der Waals surface area contributed by atoms with Crippen molar-refractivity contribution in [3.05, 3.63) is 63.4 Å². The molecule has 0 aromatic heterocycles. The van der Waals surface area contributed by atoms with E-state index in [4.69, 9.17) is 34.1 Å². The molecule has 0 amide bonds. The first-order valence-electron chi connectivity index (χ1n) is 5.96. The molecule has 4 N–H and O–H groups in total. The summed E-state index contributed by atoms with van der Waals surface area (Å²) in [6.07, 6.45) is 0. The van der Waals surface area contributed by atoms with E-state index in [0.717, 1.165) is 5.56 Å². The van der Waals surface area contributed by atoms with Gasteiger partial charge in [-0.15, -0.1) is 0 Å². The van der Waals surface area contributed by atoms with Crippen LogP contribution >= 0.6 is 23.2 Å². The fourth-order valence-corrected chi connectivity index (χ4v) is 2.23. The zero-order valence-corrected chi connectivity index (χ0v) is 12.3. The number of halogens is 3. The van der Waals surface area contributed by atoms with Crippen LogP contribution in [0.2, 0.25) is 10.0 Å². The van der Waals surface area contributed by atoms with E-state index in [1.165, 1.54) is 12.1 Å². The van der Waals surface area contributed by atoms with Gasteiger partial charge in [-0.05, 0) is 29.8 Å². The van der Waals surface area contributed by atoms with Gasteiger partial charge in [0.1, 0.15) is 5.82 Å². The quantitative estimate of drug-likeness (QED) is 0.346. The Labute approximate surface area is 131 Å². The number of nitrogens with one attached hydrogen (secondary N) is 1. The summed E-state index contributed by atoms with van der Waals surface area (Å²) in [5.74, 6) is -0.438. The first-order chi connectivity index (χ1) is 9.99. The number of nitrogens with zero attached hydrogens (tertiary/aromatic N) is 1. The van der Waals surface area contributed by atoms with Crippen molar-refractivity contribution in [2.75, 3.05) is 5.32 Å². The predicted molar refractivity (Wildman–Crippen MR) is 82.7 cm³/mol. The Morgan fingerprint density at radius 3 is 2.62 bits per heavy atom. The maximum Gasteiger partial charge on any atom is 0.170 e. The van der Waals surface area contributed by atoms with E-state index < -0.39 is 5.82 Å². The van der Waals surface area contributed by atoms with E-state index in [2.05, 4.69) is 10.5 Å². The van der Waals surface area contributed by atoms with Gasteiger partial charge in [0.05, 0.1) is 0 Å². The number of nitrogens with two attached hydrogens (primary N) is 1. The first kappa shape index (κ1) is 15.4. The minimum Gasteiger partial charge on any atom is -0.409 e. The molecule has 2 aromatic rings. The Kier molecular flexibility index (Phi) is 4.88. The lowest BCUT2D eigenvalue weighted by Gasteiger charge is -2.10. The molecule has 21 heavy (non-hydrogen) atoms. The molecule has 2 rings (SSSR count). The molecule has 0 aliphatic carbocycles. The predicted octanol–water partition coefficient (Wildman–Crippen LogP) is 3.84. The van der Waals surface area contributed by atoms with Crippen molar-refractivity contribution in [1.29, 1.82) is 0 Å². The summed E-state index contributed by atoms with van der Waals surface area (Å²) in [7, 11) is 0. The summed E-state index contributed by atoms with van der Waals surface area (Å²) in [6, 6.07) is 9.19. The van der Waals surface area contributed by atoms with Crippen molar-refractivity contribution < 1.29 is 9.60 Å². The second kappa shape index (κ2) is 6.65. The van der Waals surface area contributed by atoms with E-state index in [1.54, 1.807) is 24.3 Å². The van der Waals surface area contributed by atoms with Crippen LogP contribution in [-0.2, 0) is 6.54 Å². The minimum atomic E-state index is -0.418. The number of oxime groups is 1. The molecule has 2 aromatic carbocycles. The summed E-state index contributed by atoms with van der Waals surface area (Å²) in [4.78, 5) is 0. The molecule has 0 spiro atoms. The third-order valence-corrected chi connectivity index (χ3v) is 3.37. The summed E-state index contributed by atoms with van der Waals surface area (Å²) < 4.78 is 13.2. The number of hydrogen-bond donors (Lipinski definition) is 3. The highest BCUT2D eigenvalue weighted by Crippen LogP contribution is 2.22. The van der Waals surface area contributed by atoms with Crippen LogP contribution in [-0.4, -0.2) is 11.0 Å². The van der Waals surface area contributed by atoms with E-state index >= 15 is 0 Å². The van der Waals surface area contributed by atoms with Gasteiger partial charge in [0.2, 0.25) is 0 Å². The van der Waals surface area contributed by atoms with Gasteiger partial charge in [-0.3, -0.25) is 0 Å². The van der Waals surface area contributed by atoms with E-state index in [0.29, 0.717) is 27.8 Å². The largest absolute Gasteiger partial charge is 0.409 e. The summed E-state index contributed by atoms with van der Waals surface area (Å²) in [5, 5.41) is 15.3. The molecule has 0 fully saturated rings. The zero-order valence-electron chi connectivity index (χ0n) is 10.8. The maximum absolute atomic E-state index is 13.2. The summed E-state index contributed by atoms with van der Waals surface area (Å²) >= 11 is 11.9. The van der Waals surface area contributed by atoms with Crippen molar-refractivity contribution in [2.24, 2.45) is 10.9 Å². The standard InChI is InChI=1S/C14H12Cl2FN3O/c15-10-4-11(17)6-12(5-10)19-7-9-2-1-8(3-13(9)16)14(18)20-21/h1-6,19,21H,7H2,(H2,18,20). The second-order valence-corrected chi connectivity index (χ2v) is 5.15. The fraction of sp³-hybridized carbons (Fsp3) is 0.0714. The topological polar surface area (TPSA) is 70.6 Å². The van der Waals surface area contributed by atoms with Gasteiger partial charge in [0, 0.05) is 27.8 Å². The van der Waals surface area contributed by atoms with Crippen molar-refractivity contribution in [2.45, 2.75) is 6.54 Å². The van der Waals surface area contributed by atoms with E-state index in [9.17, 15) is 4.39 Å². The molecule has 4 nitrogen and oxygen atoms in total. The Morgan fingerprint density at radius 1 is 1.24 bits per heavy atom. The molecule has 7 heteroatoms. The molecule has 0 unspecified atom stereocenters. The Balaban J connectivity index is 2.13. The van der Waals surface area contributed by atoms with Crippen LogP contribution in [0.1, 0.15) is 11.1 Å². The molecule has 0 saturated heterocycles. The van der Waals surface area contributed by atoms with Gasteiger partial charge >= 0.3 is 0 Å². The van der Waals surface area contributed by atoms with Crippen molar-refractivity contribution in [1.82, 2.24) is 0 Å². The lowest BCUT2D eigenvalue weighted by molar-refractivity contribution is 0.318. The van der Waals surface area contributed by atoms with E-state index in [1.807, 2.05) is 0 Å². The third-order valence-electron chi connectivity index (χ3n) is 2.80. The highest BCUT2D eigenvalue weighted by molar-refractivity contribution is 6.32. The molecular formula is C14H12Cl2FN3O. The molecule has 110 valence electrons. The molecular weight excluding hydrogens is 316 g/mol. The number of rotatable bonds is 4. The van der Waals surface area contributed by atoms with Gasteiger partial charge in [-0.25, -0.2) is 4.39 Å². The molecule has 0 atom stereocenters. The highest BCUT2D eigenvalue weighted by Gasteiger charge is 2.06. The van der Waals surface area contributed by atoms with Gasteiger partial charge in [0.25, 0.3) is 0 Å². The van der Waals surface area contributed by atoms with Gasteiger partial charge in [-0.2, -0.15) is 0 Å². The number of anilines is 1. The molecule has 0 radical (unpaired) electrons. The second-order valence-electron chi connectivity index (χ2n) is 4.30. The molecule has 0 aliphatic heterocycles. The molecule has 0 bridgehead atoms. The lowest BCUT2D eigenvalue weighted by atomic mass is 10.1. The van der Waals surface area contributed by atoms with Gasteiger partial charge in [0.15, 0.2) is 5.84 Å². The van der Waals surface area contributed by atoms with E-state index in [-0.39, 0.29) is 5.84 Å². The van der Waals surface area contributed by atoms with Crippen molar-refractivity contribution >= 4 is 34.7 Å². The average Bonchev–Trinajstić information content (AvgIpc) is 2.44. The molecule has 0 heterocycles. The van der Waals surface area contributed by atoms with Crippen LogP contribution < -0.4 is 11.1 Å². The van der Waals surface area contributed by atoms with Crippen molar-refractivity contribution in [3.8, 4) is 0 Å². The fourth-order valence-electron chi connectivity index (χ4n) is 1.76. The summed E-state index contributed by atoms with van der Waals surface area (Å²) in [5.41, 5.74) is 7.33. The minimum absolute atomic E-state index is 0.0201. The van der Waals surface area contributed by atoms with Gasteiger partial charge < -0.3 is 16.3 Å². The Bertz CT molecular complexity index is 672. The van der Waals surface area contributed by atoms with Crippen LogP contribution in [0.25, 0.3) is 0 Å². The smallest absolute Gasteiger partial charge is 0.170 e. The van der Waals surface area contributed by atoms with Gasteiger partial charge in [-0.1, -0.05) is 40.5 Å². The SMILES string of the molecule is N/C(=N/O)c1ccc(CNc2cc(F)cc(Cl)c2)c(Cl)c1. The molecule has 0 aliphatic rings. The normalized spacial score (nSPS) is 11.5. The molecule has 0 saturated carbocycles. The van der Waals surface area contributed by atoms with Crippen LogP contribution in [0.5, 0.6) is 0 Å². The summed E-state index contributed by atoms with van der Waals surface area (Å²) in [6.45, 7) is 0.384. The van der Waals surface area contributed by atoms with Crippen molar-refractivity contribution in [3.63, 3.8) is 0 Å². The van der Waals surface area contributed by atoms with Crippen LogP contribution in [0, 0.1) is 5.82 Å².